The molecule has 0 aromatic heterocycles. The number of hydrogen-bond donors (Lipinski definition) is 7. The number of aliphatic hydroxyl groups is 1. The average molecular weight is 563 g/mol. The van der Waals surface area contributed by atoms with Crippen molar-refractivity contribution >= 4 is 28.1 Å². The van der Waals surface area contributed by atoms with Crippen molar-refractivity contribution in [2.45, 2.75) is 83.8 Å². The summed E-state index contributed by atoms with van der Waals surface area (Å²) < 4.78 is 31.6. The minimum absolute atomic E-state index is 0.0168. The van der Waals surface area contributed by atoms with Crippen LogP contribution >= 0.6 is 0 Å². The van der Waals surface area contributed by atoms with Crippen LogP contribution in [0.2, 0.25) is 0 Å². The van der Waals surface area contributed by atoms with Crippen LogP contribution < -0.4 is 17.2 Å². The molecule has 0 saturated heterocycles. The van der Waals surface area contributed by atoms with E-state index < -0.39 is 22.4 Å². The first-order chi connectivity index (χ1) is 17.5. The normalized spacial score (nSPS) is 34.4. The van der Waals surface area contributed by atoms with Gasteiger partial charge in [-0.15, -0.1) is 0 Å². The number of Topliss-reactive ketones (excluding diaryl/α,β-unsaturated/α-hetero) is 1. The second kappa shape index (κ2) is 12.7. The van der Waals surface area contributed by atoms with E-state index in [1.54, 1.807) is 0 Å². The number of allylic oxidation sites excluding steroid dienone is 1. The van der Waals surface area contributed by atoms with Gasteiger partial charge >= 0.3 is 16.4 Å². The Hall–Kier alpha value is -2.26. The van der Waals surface area contributed by atoms with Gasteiger partial charge in [0.05, 0.1) is 6.10 Å². The molecule has 218 valence electrons. The van der Waals surface area contributed by atoms with E-state index in [0.717, 1.165) is 50.9 Å². The maximum Gasteiger partial charge on any atom is 0.394 e. The SMILES string of the molecule is C[C@]12CC[C@H](O)CC1=CC[C@@H]1[C@@H]2CC[C@]2(C)C(=O)CC[C@@H]12.NC(N)=NOCC[C@H](N)C(=O)O.O=S(=O)(O)O. The van der Waals surface area contributed by atoms with Crippen LogP contribution in [0.5, 0.6) is 0 Å². The van der Waals surface area contributed by atoms with Gasteiger partial charge in [0.15, 0.2) is 0 Å². The van der Waals surface area contributed by atoms with Gasteiger partial charge < -0.3 is 32.3 Å². The number of aliphatic hydroxyl groups excluding tert-OH is 1. The van der Waals surface area contributed by atoms with Gasteiger partial charge in [-0.2, -0.15) is 8.42 Å². The molecule has 4 aliphatic carbocycles. The molecule has 3 fully saturated rings. The van der Waals surface area contributed by atoms with E-state index in [0.29, 0.717) is 23.0 Å². The van der Waals surface area contributed by atoms with Crippen molar-refractivity contribution in [3.8, 4) is 0 Å². The van der Waals surface area contributed by atoms with Gasteiger partial charge in [0, 0.05) is 18.3 Å². The number of carbonyl (C=O) groups excluding carboxylic acids is 1. The molecule has 0 bridgehead atoms. The Morgan fingerprint density at radius 2 is 1.74 bits per heavy atom. The summed E-state index contributed by atoms with van der Waals surface area (Å²) in [6.07, 6.45) is 10.9. The summed E-state index contributed by atoms with van der Waals surface area (Å²) >= 11 is 0. The predicted molar refractivity (Wildman–Crippen MR) is 139 cm³/mol. The average Bonchev–Trinajstić information content (AvgIpc) is 3.10. The van der Waals surface area contributed by atoms with Crippen LogP contribution in [0.1, 0.15) is 71.6 Å². The van der Waals surface area contributed by atoms with Crippen LogP contribution in [0.3, 0.4) is 0 Å². The first kappa shape index (κ1) is 32.0. The summed E-state index contributed by atoms with van der Waals surface area (Å²) in [5, 5.41) is 21.5. The highest BCUT2D eigenvalue weighted by Gasteiger charge is 2.58. The number of nitrogens with zero attached hydrogens (tertiary/aromatic N) is 1. The lowest BCUT2D eigenvalue weighted by Gasteiger charge is -2.56. The Morgan fingerprint density at radius 3 is 2.32 bits per heavy atom. The molecule has 7 atom stereocenters. The van der Waals surface area contributed by atoms with Gasteiger partial charge in [0.25, 0.3) is 0 Å². The topological polar surface area (TPSA) is 249 Å². The van der Waals surface area contributed by atoms with E-state index in [2.05, 4.69) is 29.9 Å². The molecule has 4 aliphatic rings. The van der Waals surface area contributed by atoms with Gasteiger partial charge in [-0.1, -0.05) is 25.5 Å². The molecule has 4 rings (SSSR count). The van der Waals surface area contributed by atoms with Crippen molar-refractivity contribution in [1.29, 1.82) is 0 Å². The van der Waals surface area contributed by atoms with Crippen LogP contribution in [0, 0.1) is 28.6 Å². The molecular formula is C24H42N4O9S. The maximum atomic E-state index is 12.4. The first-order valence-corrected chi connectivity index (χ1v) is 14.2. The number of carboxylic acids is 1. The fourth-order valence-corrected chi connectivity index (χ4v) is 6.84. The molecule has 0 aliphatic heterocycles. The molecule has 14 heteroatoms. The Labute approximate surface area is 223 Å². The lowest BCUT2D eigenvalue weighted by Crippen LogP contribution is -2.50. The van der Waals surface area contributed by atoms with E-state index >= 15 is 0 Å². The highest BCUT2D eigenvalue weighted by Crippen LogP contribution is 2.63. The minimum atomic E-state index is -4.67. The molecule has 0 aromatic rings. The van der Waals surface area contributed by atoms with E-state index in [-0.39, 0.29) is 30.5 Å². The van der Waals surface area contributed by atoms with Gasteiger partial charge in [-0.05, 0) is 73.3 Å². The maximum absolute atomic E-state index is 12.4. The van der Waals surface area contributed by atoms with Gasteiger partial charge in [0.1, 0.15) is 18.4 Å². The van der Waals surface area contributed by atoms with Crippen LogP contribution in [0.25, 0.3) is 0 Å². The number of guanidine groups is 1. The minimum Gasteiger partial charge on any atom is -0.480 e. The van der Waals surface area contributed by atoms with E-state index in [1.807, 2.05) is 0 Å². The third kappa shape index (κ3) is 8.12. The Balaban J connectivity index is 0.000000254. The second-order valence-electron chi connectivity index (χ2n) is 11.1. The zero-order valence-electron chi connectivity index (χ0n) is 22.0. The zero-order chi connectivity index (χ0) is 28.9. The Morgan fingerprint density at radius 1 is 1.16 bits per heavy atom. The zero-order valence-corrected chi connectivity index (χ0v) is 22.8. The number of nitrogens with two attached hydrogens (primary N) is 3. The molecule has 10 N–H and O–H groups in total. The van der Waals surface area contributed by atoms with Gasteiger partial charge in [-0.25, -0.2) is 0 Å². The highest BCUT2D eigenvalue weighted by atomic mass is 32.3. The molecule has 13 nitrogen and oxygen atoms in total. The third-order valence-electron chi connectivity index (χ3n) is 8.79. The molecule has 0 amide bonds. The monoisotopic (exact) mass is 562 g/mol. The number of oxime groups is 1. The molecule has 0 heterocycles. The van der Waals surface area contributed by atoms with E-state index in [4.69, 9.17) is 39.8 Å². The molecule has 0 spiro atoms. The number of hydrogen-bond acceptors (Lipinski definition) is 8. The largest absolute Gasteiger partial charge is 0.480 e. The Bertz CT molecular complexity index is 1020. The smallest absolute Gasteiger partial charge is 0.394 e. The number of fused-ring (bicyclic) bond motifs is 5. The molecular weight excluding hydrogens is 520 g/mol. The molecule has 0 aromatic carbocycles. The fourth-order valence-electron chi connectivity index (χ4n) is 6.84. The van der Waals surface area contributed by atoms with Crippen LogP contribution in [0.15, 0.2) is 16.8 Å². The summed E-state index contributed by atoms with van der Waals surface area (Å²) in [7, 11) is -4.67. The predicted octanol–water partition coefficient (Wildman–Crippen LogP) is 1.22. The lowest BCUT2D eigenvalue weighted by molar-refractivity contribution is -0.139. The van der Waals surface area contributed by atoms with E-state index in [9.17, 15) is 14.7 Å². The summed E-state index contributed by atoms with van der Waals surface area (Å²) in [6, 6.07) is -0.945. The Kier molecular flexibility index (Phi) is 10.7. The molecule has 3 saturated carbocycles. The number of carboxylic acid groups (broad SMARTS) is 1. The van der Waals surface area contributed by atoms with Crippen molar-refractivity contribution in [3.05, 3.63) is 11.6 Å². The summed E-state index contributed by atoms with van der Waals surface area (Å²) in [5.74, 6) is 1.31. The van der Waals surface area contributed by atoms with Crippen molar-refractivity contribution in [2.24, 2.45) is 50.9 Å². The standard InChI is InChI=1S/C19H28O2.C5H12N4O3.H2O4S/c1-18-9-7-13(20)11-12(18)3-4-14-15-5-6-17(21)19(15,2)10-8-16(14)18;6-3(4(10)11)1-2-12-9-5(7)8;1-5(2,3)4/h3,13-16,20H,4-11H2,1-2H3;3H,1-2,6H2,(H,10,11)(H4,7,8,9);(H2,1,2,3,4)/t13-,14-,15-,16-,18-,19-;3-;/m00./s1. The fraction of sp³-hybridized carbons (Fsp3) is 0.792. The van der Waals surface area contributed by atoms with Crippen LogP contribution in [-0.2, 0) is 24.8 Å². The van der Waals surface area contributed by atoms with Crippen molar-refractivity contribution in [2.75, 3.05) is 6.61 Å². The highest BCUT2D eigenvalue weighted by molar-refractivity contribution is 7.79. The van der Waals surface area contributed by atoms with Gasteiger partial charge in [0.2, 0.25) is 5.96 Å². The summed E-state index contributed by atoms with van der Waals surface area (Å²) in [6.45, 7) is 4.77. The number of aliphatic carboxylic acids is 1. The second-order valence-corrected chi connectivity index (χ2v) is 12.0. The van der Waals surface area contributed by atoms with Crippen molar-refractivity contribution < 1.29 is 42.2 Å². The summed E-state index contributed by atoms with van der Waals surface area (Å²) in [4.78, 5) is 27.0. The third-order valence-corrected chi connectivity index (χ3v) is 8.79. The van der Waals surface area contributed by atoms with Crippen molar-refractivity contribution in [3.63, 3.8) is 0 Å². The van der Waals surface area contributed by atoms with Crippen LogP contribution in [0.4, 0.5) is 0 Å². The lowest BCUT2D eigenvalue weighted by atomic mass is 9.48. The molecule has 0 unspecified atom stereocenters. The van der Waals surface area contributed by atoms with Crippen LogP contribution in [-0.4, -0.2) is 64.2 Å². The molecule has 0 radical (unpaired) electrons. The molecule has 38 heavy (non-hydrogen) atoms. The number of carbonyl (C=O) groups is 2. The van der Waals surface area contributed by atoms with Gasteiger partial charge in [-0.3, -0.25) is 18.7 Å². The number of ketones is 1. The number of rotatable bonds is 5. The first-order valence-electron chi connectivity index (χ1n) is 12.8. The van der Waals surface area contributed by atoms with Crippen molar-refractivity contribution in [1.82, 2.24) is 0 Å². The summed E-state index contributed by atoms with van der Waals surface area (Å²) in [5.41, 5.74) is 16.8. The van der Waals surface area contributed by atoms with E-state index in [1.165, 1.54) is 12.0 Å². The quantitative estimate of drug-likeness (QED) is 0.0624.